The van der Waals surface area contributed by atoms with Crippen molar-refractivity contribution in [3.05, 3.63) is 34.3 Å². The second kappa shape index (κ2) is 6.29. The third-order valence-electron chi connectivity index (χ3n) is 2.73. The predicted octanol–water partition coefficient (Wildman–Crippen LogP) is 3.97. The van der Waals surface area contributed by atoms with Crippen LogP contribution in [0.1, 0.15) is 32.8 Å². The van der Waals surface area contributed by atoms with Crippen LogP contribution in [0.2, 0.25) is 0 Å². The van der Waals surface area contributed by atoms with E-state index >= 15 is 0 Å². The van der Waals surface area contributed by atoms with Crippen molar-refractivity contribution < 1.29 is 0 Å². The molecule has 15 heavy (non-hydrogen) atoms. The molecule has 1 aromatic carbocycles. The standard InChI is InChI=1S/C13H20BrN/c1-4-13(10(2)3)15-9-11-5-7-12(14)8-6-11/h5-8,10,13,15H,4,9H2,1-3H3. The molecule has 0 bridgehead atoms. The summed E-state index contributed by atoms with van der Waals surface area (Å²) in [5.74, 6) is 0.699. The molecule has 0 aliphatic heterocycles. The topological polar surface area (TPSA) is 12.0 Å². The summed E-state index contributed by atoms with van der Waals surface area (Å²) in [6, 6.07) is 9.11. The molecular formula is C13H20BrN. The second-order valence-electron chi connectivity index (χ2n) is 4.27. The van der Waals surface area contributed by atoms with Crippen LogP contribution in [0.3, 0.4) is 0 Å². The number of nitrogens with one attached hydrogen (secondary N) is 1. The van der Waals surface area contributed by atoms with E-state index in [9.17, 15) is 0 Å². The van der Waals surface area contributed by atoms with Gasteiger partial charge < -0.3 is 5.32 Å². The Morgan fingerprint density at radius 3 is 2.27 bits per heavy atom. The van der Waals surface area contributed by atoms with E-state index in [1.165, 1.54) is 12.0 Å². The number of halogens is 1. The van der Waals surface area contributed by atoms with Gasteiger partial charge in [0.1, 0.15) is 0 Å². The largest absolute Gasteiger partial charge is 0.310 e. The van der Waals surface area contributed by atoms with Gasteiger partial charge in [-0.3, -0.25) is 0 Å². The zero-order chi connectivity index (χ0) is 11.3. The maximum atomic E-state index is 3.59. The molecule has 0 amide bonds. The Morgan fingerprint density at radius 2 is 1.80 bits per heavy atom. The van der Waals surface area contributed by atoms with E-state index in [1.807, 2.05) is 0 Å². The quantitative estimate of drug-likeness (QED) is 0.853. The molecule has 2 heteroatoms. The van der Waals surface area contributed by atoms with E-state index < -0.39 is 0 Å². The summed E-state index contributed by atoms with van der Waals surface area (Å²) in [5.41, 5.74) is 1.34. The third-order valence-corrected chi connectivity index (χ3v) is 3.25. The lowest BCUT2D eigenvalue weighted by Crippen LogP contribution is -2.32. The monoisotopic (exact) mass is 269 g/mol. The SMILES string of the molecule is CCC(NCc1ccc(Br)cc1)C(C)C. The van der Waals surface area contributed by atoms with E-state index in [0.29, 0.717) is 12.0 Å². The number of hydrogen-bond acceptors (Lipinski definition) is 1. The molecule has 1 aromatic rings. The fraction of sp³-hybridized carbons (Fsp3) is 0.538. The molecule has 0 radical (unpaired) electrons. The molecule has 1 unspecified atom stereocenters. The fourth-order valence-electron chi connectivity index (χ4n) is 1.70. The van der Waals surface area contributed by atoms with Gasteiger partial charge in [0, 0.05) is 17.1 Å². The van der Waals surface area contributed by atoms with Crippen molar-refractivity contribution in [3.8, 4) is 0 Å². The summed E-state index contributed by atoms with van der Waals surface area (Å²) < 4.78 is 1.14. The molecule has 0 aliphatic carbocycles. The van der Waals surface area contributed by atoms with Crippen LogP contribution in [-0.2, 0) is 6.54 Å². The van der Waals surface area contributed by atoms with Gasteiger partial charge in [-0.2, -0.15) is 0 Å². The Kier molecular flexibility index (Phi) is 5.34. The van der Waals surface area contributed by atoms with Gasteiger partial charge in [-0.05, 0) is 30.0 Å². The van der Waals surface area contributed by atoms with Gasteiger partial charge in [0.15, 0.2) is 0 Å². The first-order valence-corrected chi connectivity index (χ1v) is 6.40. The smallest absolute Gasteiger partial charge is 0.0208 e. The lowest BCUT2D eigenvalue weighted by Gasteiger charge is -2.20. The Hall–Kier alpha value is -0.340. The molecule has 0 heterocycles. The molecule has 0 saturated heterocycles. The second-order valence-corrected chi connectivity index (χ2v) is 5.18. The van der Waals surface area contributed by atoms with Crippen LogP contribution in [0.4, 0.5) is 0 Å². The van der Waals surface area contributed by atoms with Gasteiger partial charge in [0.05, 0.1) is 0 Å². The summed E-state index contributed by atoms with van der Waals surface area (Å²) in [5, 5.41) is 3.59. The fourth-order valence-corrected chi connectivity index (χ4v) is 1.97. The average Bonchev–Trinajstić information content (AvgIpc) is 2.21. The van der Waals surface area contributed by atoms with E-state index in [0.717, 1.165) is 11.0 Å². The van der Waals surface area contributed by atoms with E-state index in [2.05, 4.69) is 66.3 Å². The first kappa shape index (κ1) is 12.7. The lowest BCUT2D eigenvalue weighted by molar-refractivity contribution is 0.387. The zero-order valence-corrected chi connectivity index (χ0v) is 11.3. The molecular weight excluding hydrogens is 250 g/mol. The van der Waals surface area contributed by atoms with Gasteiger partial charge in [0.25, 0.3) is 0 Å². The summed E-state index contributed by atoms with van der Waals surface area (Å²) >= 11 is 3.44. The Bertz CT molecular complexity index is 279. The first-order valence-electron chi connectivity index (χ1n) is 5.61. The molecule has 0 spiro atoms. The molecule has 0 saturated carbocycles. The van der Waals surface area contributed by atoms with Gasteiger partial charge in [-0.15, -0.1) is 0 Å². The predicted molar refractivity (Wildman–Crippen MR) is 69.9 cm³/mol. The summed E-state index contributed by atoms with van der Waals surface area (Å²) in [6.07, 6.45) is 1.19. The van der Waals surface area contributed by atoms with Crippen LogP contribution >= 0.6 is 15.9 Å². The number of hydrogen-bond donors (Lipinski definition) is 1. The summed E-state index contributed by atoms with van der Waals surface area (Å²) in [6.45, 7) is 7.73. The van der Waals surface area contributed by atoms with Crippen LogP contribution in [0.25, 0.3) is 0 Å². The van der Waals surface area contributed by atoms with E-state index in [1.54, 1.807) is 0 Å². The minimum absolute atomic E-state index is 0.619. The van der Waals surface area contributed by atoms with Crippen molar-refractivity contribution in [3.63, 3.8) is 0 Å². The van der Waals surface area contributed by atoms with Crippen molar-refractivity contribution in [1.29, 1.82) is 0 Å². The molecule has 1 rings (SSSR count). The van der Waals surface area contributed by atoms with E-state index in [4.69, 9.17) is 0 Å². The molecule has 0 fully saturated rings. The molecule has 1 N–H and O–H groups in total. The van der Waals surface area contributed by atoms with Gasteiger partial charge >= 0.3 is 0 Å². The zero-order valence-electron chi connectivity index (χ0n) is 9.76. The van der Waals surface area contributed by atoms with Crippen LogP contribution in [0.15, 0.2) is 28.7 Å². The normalized spacial score (nSPS) is 13.1. The molecule has 84 valence electrons. The van der Waals surface area contributed by atoms with E-state index in [-0.39, 0.29) is 0 Å². The van der Waals surface area contributed by atoms with Crippen LogP contribution in [0, 0.1) is 5.92 Å². The lowest BCUT2D eigenvalue weighted by atomic mass is 10.0. The van der Waals surface area contributed by atoms with Crippen molar-refractivity contribution in [2.45, 2.75) is 39.8 Å². The van der Waals surface area contributed by atoms with Crippen molar-refractivity contribution >= 4 is 15.9 Å². The number of rotatable bonds is 5. The molecule has 0 aliphatic rings. The Labute approximate surface area is 101 Å². The molecule has 0 aromatic heterocycles. The highest BCUT2D eigenvalue weighted by Gasteiger charge is 2.09. The van der Waals surface area contributed by atoms with Crippen molar-refractivity contribution in [2.75, 3.05) is 0 Å². The van der Waals surface area contributed by atoms with Crippen LogP contribution in [0.5, 0.6) is 0 Å². The Balaban J connectivity index is 2.45. The maximum absolute atomic E-state index is 3.59. The van der Waals surface area contributed by atoms with Gasteiger partial charge in [-0.1, -0.05) is 48.8 Å². The highest BCUT2D eigenvalue weighted by Crippen LogP contribution is 2.11. The molecule has 1 atom stereocenters. The maximum Gasteiger partial charge on any atom is 0.0208 e. The van der Waals surface area contributed by atoms with Crippen LogP contribution in [-0.4, -0.2) is 6.04 Å². The summed E-state index contributed by atoms with van der Waals surface area (Å²) in [7, 11) is 0. The highest BCUT2D eigenvalue weighted by molar-refractivity contribution is 9.10. The average molecular weight is 270 g/mol. The minimum Gasteiger partial charge on any atom is -0.310 e. The first-order chi connectivity index (χ1) is 7.13. The van der Waals surface area contributed by atoms with Crippen LogP contribution < -0.4 is 5.32 Å². The minimum atomic E-state index is 0.619. The molecule has 1 nitrogen and oxygen atoms in total. The Morgan fingerprint density at radius 1 is 1.20 bits per heavy atom. The number of benzene rings is 1. The third kappa shape index (κ3) is 4.35. The van der Waals surface area contributed by atoms with Crippen molar-refractivity contribution in [2.24, 2.45) is 5.92 Å². The van der Waals surface area contributed by atoms with Gasteiger partial charge in [-0.25, -0.2) is 0 Å². The van der Waals surface area contributed by atoms with Crippen molar-refractivity contribution in [1.82, 2.24) is 5.32 Å². The summed E-state index contributed by atoms with van der Waals surface area (Å²) in [4.78, 5) is 0. The highest BCUT2D eigenvalue weighted by atomic mass is 79.9. The van der Waals surface area contributed by atoms with Gasteiger partial charge in [0.2, 0.25) is 0 Å².